The molecule has 35 valence electrons. The van der Waals surface area contributed by atoms with Crippen LogP contribution in [0.3, 0.4) is 0 Å². The van der Waals surface area contributed by atoms with Crippen molar-refractivity contribution in [3.63, 3.8) is 0 Å². The maximum Gasteiger partial charge on any atom is 0.218 e. The van der Waals surface area contributed by atoms with Crippen molar-refractivity contribution in [1.82, 2.24) is 0 Å². The monoisotopic (exact) mass is 169 g/mol. The molecule has 0 N–H and O–H groups in total. The molecule has 6 heavy (non-hydrogen) atoms. The van der Waals surface area contributed by atoms with Gasteiger partial charge in [-0.25, -0.2) is 0 Å². The quantitative estimate of drug-likeness (QED) is 0.567. The predicted octanol–water partition coefficient (Wildman–Crippen LogP) is 1.10. The molecule has 1 radical (unpaired) electrons. The molecule has 1 unspecified atom stereocenters. The molecule has 0 aliphatic heterocycles. The number of hydrogen-bond acceptors (Lipinski definition) is 1. The first-order valence-corrected chi connectivity index (χ1v) is 2.94. The second-order valence-corrected chi connectivity index (χ2v) is 1.91. The summed E-state index contributed by atoms with van der Waals surface area (Å²) in [5.41, 5.74) is 0. The molecule has 1 nitrogen and oxygen atoms in total. The zero-order valence-corrected chi connectivity index (χ0v) is 5.29. The summed E-state index contributed by atoms with van der Waals surface area (Å²) in [5, 5.41) is 0.00270. The highest BCUT2D eigenvalue weighted by Gasteiger charge is 1.95. The predicted molar refractivity (Wildman–Crippen MR) is 29.1 cm³/mol. The minimum atomic E-state index is -0.481. The van der Waals surface area contributed by atoms with Gasteiger partial charge < -0.3 is 0 Å². The molecule has 0 spiro atoms. The third-order valence-electron chi connectivity index (χ3n) is 0.263. The first kappa shape index (κ1) is 6.44. The maximum atomic E-state index is 9.45. The van der Waals surface area contributed by atoms with Gasteiger partial charge in [0.2, 0.25) is 6.29 Å². The van der Waals surface area contributed by atoms with Gasteiger partial charge in [0, 0.05) is 5.33 Å². The van der Waals surface area contributed by atoms with Gasteiger partial charge >= 0.3 is 0 Å². The summed E-state index contributed by atoms with van der Waals surface area (Å²) in [7, 11) is 0. The molecule has 0 heterocycles. The lowest BCUT2D eigenvalue weighted by Gasteiger charge is -1.83. The van der Waals surface area contributed by atoms with Crippen molar-refractivity contribution >= 4 is 33.8 Å². The average molecular weight is 170 g/mol. The highest BCUT2D eigenvalue weighted by atomic mass is 79.9. The molecule has 0 amide bonds. The molecule has 0 rings (SSSR count). The van der Waals surface area contributed by atoms with Gasteiger partial charge in [-0.3, -0.25) is 4.79 Å². The summed E-state index contributed by atoms with van der Waals surface area (Å²) < 4.78 is 0. The van der Waals surface area contributed by atoms with Crippen LogP contribution in [0.25, 0.3) is 0 Å². The van der Waals surface area contributed by atoms with Crippen molar-refractivity contribution in [2.75, 3.05) is 5.33 Å². The minimum Gasteiger partial charge on any atom is -0.289 e. The second kappa shape index (κ2) is 3.62. The van der Waals surface area contributed by atoms with E-state index >= 15 is 0 Å². The van der Waals surface area contributed by atoms with Crippen LogP contribution in [-0.2, 0) is 4.79 Å². The van der Waals surface area contributed by atoms with E-state index in [1.54, 1.807) is 6.29 Å². The van der Waals surface area contributed by atoms with E-state index in [0.29, 0.717) is 5.33 Å². The Bertz CT molecular complexity index is 48.1. The lowest BCUT2D eigenvalue weighted by atomic mass is 10.6. The maximum absolute atomic E-state index is 9.45. The smallest absolute Gasteiger partial charge is 0.218 e. The highest BCUT2D eigenvalue weighted by Crippen LogP contribution is 1.93. The Balaban J connectivity index is 2.96. The fourth-order valence-electron chi connectivity index (χ4n) is 0.0315. The van der Waals surface area contributed by atoms with Gasteiger partial charge in [0.15, 0.2) is 0 Å². The number of halogens is 2. The molecule has 0 saturated heterocycles. The van der Waals surface area contributed by atoms with Crippen molar-refractivity contribution in [3.8, 4) is 0 Å². The number of carbonyl (C=O) groups excluding carboxylic acids is 1. The Morgan fingerprint density at radius 2 is 2.50 bits per heavy atom. The topological polar surface area (TPSA) is 17.1 Å². The summed E-state index contributed by atoms with van der Waals surface area (Å²) in [5.74, 6) is 0. The Labute approximate surface area is 49.8 Å². The van der Waals surface area contributed by atoms with Crippen LogP contribution in [0.15, 0.2) is 0 Å². The van der Waals surface area contributed by atoms with Crippen LogP contribution < -0.4 is 0 Å². The second-order valence-electron chi connectivity index (χ2n) is 0.740. The first-order valence-electron chi connectivity index (χ1n) is 1.39. The van der Waals surface area contributed by atoms with E-state index in [1.165, 1.54) is 0 Å². The van der Waals surface area contributed by atoms with Gasteiger partial charge in [0.05, 0.1) is 0 Å². The van der Waals surface area contributed by atoms with Gasteiger partial charge in [-0.1, -0.05) is 15.9 Å². The fraction of sp³-hybridized carbons (Fsp3) is 0.667. The SMILES string of the molecule is O=[C]C(Cl)CBr. The molecule has 0 aromatic heterocycles. The van der Waals surface area contributed by atoms with Crippen LogP contribution in [0.4, 0.5) is 0 Å². The van der Waals surface area contributed by atoms with E-state index in [9.17, 15) is 4.79 Å². The highest BCUT2D eigenvalue weighted by molar-refractivity contribution is 9.09. The molecule has 0 aromatic carbocycles. The molecule has 0 saturated carbocycles. The molecular formula is C3H3BrClO. The largest absolute Gasteiger partial charge is 0.289 e. The van der Waals surface area contributed by atoms with E-state index in [4.69, 9.17) is 11.6 Å². The van der Waals surface area contributed by atoms with E-state index in [1.807, 2.05) is 0 Å². The van der Waals surface area contributed by atoms with Crippen LogP contribution in [-0.4, -0.2) is 17.0 Å². The molecule has 0 aromatic rings. The van der Waals surface area contributed by atoms with Crippen LogP contribution in [0, 0.1) is 0 Å². The van der Waals surface area contributed by atoms with Gasteiger partial charge in [-0.05, 0) is 0 Å². The third-order valence-corrected chi connectivity index (χ3v) is 1.53. The van der Waals surface area contributed by atoms with Gasteiger partial charge in [-0.2, -0.15) is 0 Å². The number of rotatable bonds is 2. The molecule has 3 heteroatoms. The van der Waals surface area contributed by atoms with Crippen molar-refractivity contribution < 1.29 is 4.79 Å². The van der Waals surface area contributed by atoms with Crippen molar-refractivity contribution in [1.29, 1.82) is 0 Å². The average Bonchev–Trinajstić information content (AvgIpc) is 1.65. The van der Waals surface area contributed by atoms with Crippen molar-refractivity contribution in [2.45, 2.75) is 5.38 Å². The van der Waals surface area contributed by atoms with Crippen LogP contribution in [0.1, 0.15) is 0 Å². The lowest BCUT2D eigenvalue weighted by molar-refractivity contribution is 0.555. The van der Waals surface area contributed by atoms with Gasteiger partial charge in [0.25, 0.3) is 0 Å². The lowest BCUT2D eigenvalue weighted by Crippen LogP contribution is -1.98. The van der Waals surface area contributed by atoms with Gasteiger partial charge in [-0.15, -0.1) is 11.6 Å². The Morgan fingerprint density at radius 1 is 2.00 bits per heavy atom. The molecule has 0 aliphatic rings. The van der Waals surface area contributed by atoms with Crippen LogP contribution in [0.5, 0.6) is 0 Å². The molecular weight excluding hydrogens is 167 g/mol. The van der Waals surface area contributed by atoms with Gasteiger partial charge in [0.1, 0.15) is 5.38 Å². The zero-order valence-electron chi connectivity index (χ0n) is 2.95. The van der Waals surface area contributed by atoms with E-state index in [0.717, 1.165) is 0 Å². The standard InChI is InChI=1S/C3H3BrClO/c4-1-3(5)2-6/h3H,1H2. The van der Waals surface area contributed by atoms with Crippen LogP contribution in [0.2, 0.25) is 0 Å². The fourth-order valence-corrected chi connectivity index (χ4v) is 0.164. The third kappa shape index (κ3) is 2.67. The molecule has 1 atom stereocenters. The summed E-state index contributed by atoms with van der Waals surface area (Å²) >= 11 is 8.16. The minimum absolute atomic E-state index is 0.481. The summed E-state index contributed by atoms with van der Waals surface area (Å²) in [6, 6.07) is 0. The normalized spacial score (nSPS) is 13.7. The number of hydrogen-bond donors (Lipinski definition) is 0. The van der Waals surface area contributed by atoms with Crippen molar-refractivity contribution in [3.05, 3.63) is 0 Å². The zero-order chi connectivity index (χ0) is 4.99. The van der Waals surface area contributed by atoms with E-state index in [2.05, 4.69) is 15.9 Å². The molecule has 0 aliphatic carbocycles. The van der Waals surface area contributed by atoms with E-state index < -0.39 is 5.38 Å². The summed E-state index contributed by atoms with van der Waals surface area (Å²) in [4.78, 5) is 9.45. The molecule has 0 fully saturated rings. The van der Waals surface area contributed by atoms with Crippen LogP contribution >= 0.6 is 27.5 Å². The Morgan fingerprint density at radius 3 is 2.50 bits per heavy atom. The van der Waals surface area contributed by atoms with E-state index in [-0.39, 0.29) is 0 Å². The number of alkyl halides is 2. The Hall–Kier alpha value is 0.440. The van der Waals surface area contributed by atoms with Crippen molar-refractivity contribution in [2.24, 2.45) is 0 Å². The first-order chi connectivity index (χ1) is 2.81. The summed E-state index contributed by atoms with van der Waals surface area (Å²) in [6.07, 6.45) is 1.58. The Kier molecular flexibility index (Phi) is 3.89. The molecule has 0 bridgehead atoms. The summed E-state index contributed by atoms with van der Waals surface area (Å²) in [6.45, 7) is 0.